The number of methoxy groups -OCH3 is 1. The minimum absolute atomic E-state index is 0.0287. The summed E-state index contributed by atoms with van der Waals surface area (Å²) in [4.78, 5) is 12.7. The van der Waals surface area contributed by atoms with E-state index in [2.05, 4.69) is 15.1 Å². The predicted molar refractivity (Wildman–Crippen MR) is 75.1 cm³/mol. The number of ether oxygens (including phenoxy) is 1. The summed E-state index contributed by atoms with van der Waals surface area (Å²) in [7, 11) is 1.73. The molecule has 0 radical (unpaired) electrons. The van der Waals surface area contributed by atoms with E-state index in [0.29, 0.717) is 10.3 Å². The first-order valence-corrected chi connectivity index (χ1v) is 7.91. The van der Waals surface area contributed by atoms with Crippen LogP contribution in [0.1, 0.15) is 12.8 Å². The molecule has 1 unspecified atom stereocenters. The van der Waals surface area contributed by atoms with E-state index in [0.717, 1.165) is 31.2 Å². The number of aromatic nitrogens is 2. The van der Waals surface area contributed by atoms with Crippen LogP contribution in [0.3, 0.4) is 0 Å². The van der Waals surface area contributed by atoms with Gasteiger partial charge < -0.3 is 14.7 Å². The Morgan fingerprint density at radius 1 is 1.63 bits per heavy atom. The zero-order chi connectivity index (χ0) is 13.7. The number of carboxylic acid groups (broad SMARTS) is 1. The second-order valence-electron chi connectivity index (χ2n) is 4.44. The number of carbonyl (C=O) groups is 1. The largest absolute Gasteiger partial charge is 0.481 e. The van der Waals surface area contributed by atoms with E-state index in [1.165, 1.54) is 29.5 Å². The fourth-order valence-corrected chi connectivity index (χ4v) is 3.72. The third-order valence-corrected chi connectivity index (χ3v) is 5.01. The van der Waals surface area contributed by atoms with Gasteiger partial charge in [-0.1, -0.05) is 23.1 Å². The Morgan fingerprint density at radius 2 is 2.47 bits per heavy atom. The highest BCUT2D eigenvalue weighted by atomic mass is 32.2. The van der Waals surface area contributed by atoms with Crippen LogP contribution in [0.4, 0.5) is 5.13 Å². The summed E-state index contributed by atoms with van der Waals surface area (Å²) < 4.78 is 5.92. The topological polar surface area (TPSA) is 75.5 Å². The van der Waals surface area contributed by atoms with Gasteiger partial charge in [0.2, 0.25) is 5.13 Å². The van der Waals surface area contributed by atoms with E-state index >= 15 is 0 Å². The molecule has 1 atom stereocenters. The Hall–Kier alpha value is -0.860. The average molecular weight is 303 g/mol. The van der Waals surface area contributed by atoms with Crippen molar-refractivity contribution < 1.29 is 14.6 Å². The molecule has 0 amide bonds. The molecule has 1 saturated heterocycles. The summed E-state index contributed by atoms with van der Waals surface area (Å²) >= 11 is 2.68. The third kappa shape index (κ3) is 4.32. The molecule has 8 heteroatoms. The molecule has 2 heterocycles. The molecule has 1 fully saturated rings. The number of piperidine rings is 1. The number of thioether (sulfide) groups is 1. The molecule has 0 bridgehead atoms. The van der Waals surface area contributed by atoms with Crippen LogP contribution < -0.4 is 4.90 Å². The van der Waals surface area contributed by atoms with Crippen LogP contribution in [0.2, 0.25) is 0 Å². The Morgan fingerprint density at radius 3 is 3.21 bits per heavy atom. The molecule has 1 aromatic rings. The molecule has 0 saturated carbocycles. The summed E-state index contributed by atoms with van der Waals surface area (Å²) in [6.45, 7) is 2.69. The van der Waals surface area contributed by atoms with Crippen molar-refractivity contribution in [1.82, 2.24) is 10.2 Å². The number of aliphatic carboxylic acids is 1. The first kappa shape index (κ1) is 14.5. The molecule has 1 aliphatic heterocycles. The first-order valence-electron chi connectivity index (χ1n) is 6.11. The molecule has 1 N–H and O–H groups in total. The van der Waals surface area contributed by atoms with Crippen LogP contribution in [-0.2, 0) is 9.53 Å². The van der Waals surface area contributed by atoms with E-state index in [-0.39, 0.29) is 5.75 Å². The van der Waals surface area contributed by atoms with E-state index in [9.17, 15) is 4.79 Å². The Labute approximate surface area is 120 Å². The standard InChI is InChI=1S/C11H17N3O3S2/c1-17-6-8-3-2-4-14(5-8)10-12-13-11(19-10)18-7-9(15)16/h8H,2-7H2,1H3,(H,15,16). The van der Waals surface area contributed by atoms with E-state index in [4.69, 9.17) is 9.84 Å². The lowest BCUT2D eigenvalue weighted by Gasteiger charge is -2.31. The van der Waals surface area contributed by atoms with E-state index in [1.807, 2.05) is 0 Å². The summed E-state index contributed by atoms with van der Waals surface area (Å²) in [5.74, 6) is -0.265. The van der Waals surface area contributed by atoms with Gasteiger partial charge in [-0.15, -0.1) is 10.2 Å². The van der Waals surface area contributed by atoms with Gasteiger partial charge in [0.25, 0.3) is 0 Å². The zero-order valence-corrected chi connectivity index (χ0v) is 12.4. The summed E-state index contributed by atoms with van der Waals surface area (Å²) in [6.07, 6.45) is 2.31. The molecule has 1 aromatic heterocycles. The van der Waals surface area contributed by atoms with Crippen LogP contribution >= 0.6 is 23.1 Å². The molecule has 19 heavy (non-hydrogen) atoms. The summed E-state index contributed by atoms with van der Waals surface area (Å²) in [5, 5.41) is 17.7. The highest BCUT2D eigenvalue weighted by molar-refractivity contribution is 8.01. The molecule has 0 aromatic carbocycles. The Kier molecular flexibility index (Phi) is 5.41. The van der Waals surface area contributed by atoms with Crippen LogP contribution in [0, 0.1) is 5.92 Å². The lowest BCUT2D eigenvalue weighted by atomic mass is 9.99. The van der Waals surface area contributed by atoms with Crippen molar-refractivity contribution >= 4 is 34.2 Å². The second kappa shape index (κ2) is 7.06. The summed E-state index contributed by atoms with van der Waals surface area (Å²) in [5.41, 5.74) is 0. The molecule has 1 aliphatic rings. The lowest BCUT2D eigenvalue weighted by molar-refractivity contribution is -0.133. The van der Waals surface area contributed by atoms with Gasteiger partial charge in [-0.25, -0.2) is 0 Å². The van der Waals surface area contributed by atoms with Gasteiger partial charge in [0.1, 0.15) is 0 Å². The second-order valence-corrected chi connectivity index (χ2v) is 6.62. The Balaban J connectivity index is 1.92. The van der Waals surface area contributed by atoms with Crippen molar-refractivity contribution in [2.24, 2.45) is 5.92 Å². The van der Waals surface area contributed by atoms with Gasteiger partial charge in [0, 0.05) is 20.2 Å². The predicted octanol–water partition coefficient (Wildman–Crippen LogP) is 1.58. The fourth-order valence-electron chi connectivity index (χ4n) is 2.12. The van der Waals surface area contributed by atoms with Crippen molar-refractivity contribution in [3.05, 3.63) is 0 Å². The molecular weight excluding hydrogens is 286 g/mol. The zero-order valence-electron chi connectivity index (χ0n) is 10.7. The number of nitrogens with zero attached hydrogens (tertiary/aromatic N) is 3. The normalized spacial score (nSPS) is 19.6. The van der Waals surface area contributed by atoms with Gasteiger partial charge in [-0.05, 0) is 18.8 Å². The number of carboxylic acids is 1. The lowest BCUT2D eigenvalue weighted by Crippen LogP contribution is -2.37. The number of rotatable bonds is 6. The quantitative estimate of drug-likeness (QED) is 0.799. The Bertz CT molecular complexity index is 425. The molecule has 2 rings (SSSR count). The van der Waals surface area contributed by atoms with Crippen molar-refractivity contribution in [2.45, 2.75) is 17.2 Å². The maximum absolute atomic E-state index is 10.5. The molecule has 106 valence electrons. The monoisotopic (exact) mass is 303 g/mol. The number of anilines is 1. The maximum atomic E-state index is 10.5. The van der Waals surface area contributed by atoms with Crippen molar-refractivity contribution in [1.29, 1.82) is 0 Å². The highest BCUT2D eigenvalue weighted by Gasteiger charge is 2.22. The molecule has 6 nitrogen and oxygen atoms in total. The highest BCUT2D eigenvalue weighted by Crippen LogP contribution is 2.30. The van der Waals surface area contributed by atoms with Gasteiger partial charge >= 0.3 is 5.97 Å². The van der Waals surface area contributed by atoms with Crippen LogP contribution in [0.25, 0.3) is 0 Å². The van der Waals surface area contributed by atoms with Crippen molar-refractivity contribution in [2.75, 3.05) is 37.5 Å². The third-order valence-electron chi connectivity index (χ3n) is 2.91. The minimum Gasteiger partial charge on any atom is -0.481 e. The van der Waals surface area contributed by atoms with Gasteiger partial charge in [0.15, 0.2) is 4.34 Å². The van der Waals surface area contributed by atoms with Crippen LogP contribution in [-0.4, -0.2) is 53.8 Å². The SMILES string of the molecule is COCC1CCCN(c2nnc(SCC(=O)O)s2)C1. The van der Waals surface area contributed by atoms with E-state index in [1.54, 1.807) is 7.11 Å². The van der Waals surface area contributed by atoms with Crippen molar-refractivity contribution in [3.8, 4) is 0 Å². The number of hydrogen-bond acceptors (Lipinski definition) is 7. The minimum atomic E-state index is -0.833. The summed E-state index contributed by atoms with van der Waals surface area (Å²) in [6, 6.07) is 0. The van der Waals surface area contributed by atoms with E-state index < -0.39 is 5.97 Å². The molecule has 0 aliphatic carbocycles. The van der Waals surface area contributed by atoms with Crippen molar-refractivity contribution in [3.63, 3.8) is 0 Å². The first-order chi connectivity index (χ1) is 9.19. The van der Waals surface area contributed by atoms with Gasteiger partial charge in [0.05, 0.1) is 12.4 Å². The average Bonchev–Trinajstić information content (AvgIpc) is 2.86. The van der Waals surface area contributed by atoms with Crippen LogP contribution in [0.15, 0.2) is 4.34 Å². The molecule has 0 spiro atoms. The smallest absolute Gasteiger partial charge is 0.313 e. The maximum Gasteiger partial charge on any atom is 0.313 e. The van der Waals surface area contributed by atoms with Gasteiger partial charge in [-0.3, -0.25) is 4.79 Å². The molecular formula is C11H17N3O3S2. The number of hydrogen-bond donors (Lipinski definition) is 1. The van der Waals surface area contributed by atoms with Gasteiger partial charge in [-0.2, -0.15) is 0 Å². The fraction of sp³-hybridized carbons (Fsp3) is 0.727. The van der Waals surface area contributed by atoms with Crippen LogP contribution in [0.5, 0.6) is 0 Å².